The number of nitrogens with zero attached hydrogens (tertiary/aromatic N) is 1. The van der Waals surface area contributed by atoms with Gasteiger partial charge in [-0.05, 0) is 18.6 Å². The monoisotopic (exact) mass is 178 g/mol. The minimum absolute atomic E-state index is 0. The van der Waals surface area contributed by atoms with Crippen LogP contribution in [0.25, 0.3) is 0 Å². The van der Waals surface area contributed by atoms with Crippen molar-refractivity contribution in [2.75, 3.05) is 0 Å². The standard InChI is InChI=1S/C7H6F3N.H3N/c1-5-2-3-11-4-6(5)7(8,9)10;/h2-4H,1H3;1H3. The van der Waals surface area contributed by atoms with E-state index in [0.29, 0.717) is 0 Å². The molecule has 0 aromatic carbocycles. The Morgan fingerprint density at radius 2 is 1.92 bits per heavy atom. The Labute approximate surface area is 68.0 Å². The SMILES string of the molecule is Cc1ccncc1C(F)(F)F.N. The zero-order chi connectivity index (χ0) is 8.48. The molecule has 0 spiro atoms. The zero-order valence-corrected chi connectivity index (χ0v) is 6.52. The molecule has 0 radical (unpaired) electrons. The normalized spacial score (nSPS) is 10.7. The summed E-state index contributed by atoms with van der Waals surface area (Å²) in [4.78, 5) is 3.39. The molecule has 2 nitrogen and oxygen atoms in total. The first kappa shape index (κ1) is 10.9. The number of pyridine rings is 1. The van der Waals surface area contributed by atoms with Crippen molar-refractivity contribution in [2.24, 2.45) is 0 Å². The van der Waals surface area contributed by atoms with Gasteiger partial charge in [0.25, 0.3) is 0 Å². The second-order valence-electron chi connectivity index (χ2n) is 2.19. The molecule has 12 heavy (non-hydrogen) atoms. The van der Waals surface area contributed by atoms with E-state index in [-0.39, 0.29) is 11.7 Å². The van der Waals surface area contributed by atoms with Crippen molar-refractivity contribution in [2.45, 2.75) is 13.1 Å². The van der Waals surface area contributed by atoms with Crippen molar-refractivity contribution in [3.63, 3.8) is 0 Å². The second kappa shape index (κ2) is 3.53. The van der Waals surface area contributed by atoms with E-state index in [4.69, 9.17) is 0 Å². The molecule has 0 saturated carbocycles. The molecule has 0 amide bonds. The lowest BCUT2D eigenvalue weighted by atomic mass is 10.1. The van der Waals surface area contributed by atoms with Gasteiger partial charge in [-0.2, -0.15) is 13.2 Å². The summed E-state index contributed by atoms with van der Waals surface area (Å²) in [7, 11) is 0. The summed E-state index contributed by atoms with van der Waals surface area (Å²) < 4.78 is 36.0. The van der Waals surface area contributed by atoms with Crippen LogP contribution in [0.3, 0.4) is 0 Å². The second-order valence-corrected chi connectivity index (χ2v) is 2.19. The zero-order valence-electron chi connectivity index (χ0n) is 6.52. The van der Waals surface area contributed by atoms with Crippen molar-refractivity contribution in [3.8, 4) is 0 Å². The van der Waals surface area contributed by atoms with E-state index in [1.165, 1.54) is 19.2 Å². The van der Waals surface area contributed by atoms with Crippen LogP contribution in [-0.2, 0) is 6.18 Å². The van der Waals surface area contributed by atoms with Crippen LogP contribution in [0, 0.1) is 6.92 Å². The van der Waals surface area contributed by atoms with Crippen molar-refractivity contribution < 1.29 is 13.2 Å². The number of rotatable bonds is 0. The summed E-state index contributed by atoms with van der Waals surface area (Å²) in [6.45, 7) is 1.41. The molecule has 0 aliphatic carbocycles. The van der Waals surface area contributed by atoms with E-state index in [0.717, 1.165) is 6.20 Å². The highest BCUT2D eigenvalue weighted by molar-refractivity contribution is 5.23. The minimum Gasteiger partial charge on any atom is -0.344 e. The third kappa shape index (κ3) is 2.20. The Bertz CT molecular complexity index is 257. The Morgan fingerprint density at radius 1 is 1.33 bits per heavy atom. The maximum Gasteiger partial charge on any atom is 0.418 e. The lowest BCUT2D eigenvalue weighted by Gasteiger charge is -2.07. The maximum atomic E-state index is 12.0. The molecule has 0 saturated heterocycles. The third-order valence-corrected chi connectivity index (χ3v) is 1.34. The van der Waals surface area contributed by atoms with Gasteiger partial charge in [-0.3, -0.25) is 4.98 Å². The van der Waals surface area contributed by atoms with Gasteiger partial charge < -0.3 is 6.15 Å². The number of aryl methyl sites for hydroxylation is 1. The molecular formula is C7H9F3N2. The molecule has 0 bridgehead atoms. The van der Waals surface area contributed by atoms with Crippen molar-refractivity contribution in [3.05, 3.63) is 29.6 Å². The van der Waals surface area contributed by atoms with Crippen LogP contribution in [0.5, 0.6) is 0 Å². The Balaban J connectivity index is 0.00000121. The Kier molecular flexibility index (Phi) is 3.21. The fourth-order valence-corrected chi connectivity index (χ4v) is 0.761. The predicted molar refractivity (Wildman–Crippen MR) is 39.0 cm³/mol. The van der Waals surface area contributed by atoms with Crippen LogP contribution >= 0.6 is 0 Å². The van der Waals surface area contributed by atoms with Crippen LogP contribution in [-0.4, -0.2) is 4.98 Å². The first-order chi connectivity index (χ1) is 5.02. The van der Waals surface area contributed by atoms with Crippen molar-refractivity contribution in [1.82, 2.24) is 11.1 Å². The van der Waals surface area contributed by atoms with Gasteiger partial charge >= 0.3 is 6.18 Å². The Morgan fingerprint density at radius 3 is 2.25 bits per heavy atom. The van der Waals surface area contributed by atoms with E-state index in [1.54, 1.807) is 0 Å². The molecule has 1 rings (SSSR count). The molecular weight excluding hydrogens is 169 g/mol. The molecule has 1 aromatic heterocycles. The lowest BCUT2D eigenvalue weighted by molar-refractivity contribution is -0.138. The summed E-state index contributed by atoms with van der Waals surface area (Å²) in [5.74, 6) is 0. The fourth-order valence-electron chi connectivity index (χ4n) is 0.761. The van der Waals surface area contributed by atoms with Crippen LogP contribution < -0.4 is 6.15 Å². The number of alkyl halides is 3. The summed E-state index contributed by atoms with van der Waals surface area (Å²) in [5, 5.41) is 0. The van der Waals surface area contributed by atoms with Gasteiger partial charge in [-0.15, -0.1) is 0 Å². The quantitative estimate of drug-likeness (QED) is 0.663. The van der Waals surface area contributed by atoms with Crippen LogP contribution in [0.4, 0.5) is 13.2 Å². The number of hydrogen-bond acceptors (Lipinski definition) is 2. The smallest absolute Gasteiger partial charge is 0.344 e. The van der Waals surface area contributed by atoms with Gasteiger partial charge in [0.05, 0.1) is 5.56 Å². The number of halogens is 3. The average molecular weight is 178 g/mol. The van der Waals surface area contributed by atoms with Gasteiger partial charge in [0.1, 0.15) is 0 Å². The van der Waals surface area contributed by atoms with Crippen molar-refractivity contribution in [1.29, 1.82) is 0 Å². The van der Waals surface area contributed by atoms with Crippen molar-refractivity contribution >= 4 is 0 Å². The van der Waals surface area contributed by atoms with Gasteiger partial charge in [0.2, 0.25) is 0 Å². The molecule has 3 N–H and O–H groups in total. The largest absolute Gasteiger partial charge is 0.418 e. The molecule has 68 valence electrons. The maximum absolute atomic E-state index is 12.0. The highest BCUT2D eigenvalue weighted by Crippen LogP contribution is 2.30. The molecule has 5 heteroatoms. The fraction of sp³-hybridized carbons (Fsp3) is 0.286. The minimum atomic E-state index is -4.28. The summed E-state index contributed by atoms with van der Waals surface area (Å²) in [6, 6.07) is 1.34. The van der Waals surface area contributed by atoms with E-state index in [9.17, 15) is 13.2 Å². The first-order valence-corrected chi connectivity index (χ1v) is 2.99. The highest BCUT2D eigenvalue weighted by Gasteiger charge is 2.32. The van der Waals surface area contributed by atoms with Crippen LogP contribution in [0.2, 0.25) is 0 Å². The Hall–Kier alpha value is -1.10. The predicted octanol–water partition coefficient (Wildman–Crippen LogP) is 2.57. The topological polar surface area (TPSA) is 47.9 Å². The van der Waals surface area contributed by atoms with Gasteiger partial charge in [-0.1, -0.05) is 0 Å². The van der Waals surface area contributed by atoms with E-state index in [2.05, 4.69) is 4.98 Å². The molecule has 1 heterocycles. The van der Waals surface area contributed by atoms with E-state index >= 15 is 0 Å². The number of hydrogen-bond donors (Lipinski definition) is 1. The van der Waals surface area contributed by atoms with E-state index < -0.39 is 11.7 Å². The summed E-state index contributed by atoms with van der Waals surface area (Å²) >= 11 is 0. The molecule has 0 unspecified atom stereocenters. The van der Waals surface area contributed by atoms with Crippen LogP contribution in [0.1, 0.15) is 11.1 Å². The molecule has 0 atom stereocenters. The molecule has 0 fully saturated rings. The summed E-state index contributed by atoms with van der Waals surface area (Å²) in [6.07, 6.45) is -2.11. The van der Waals surface area contributed by atoms with Gasteiger partial charge in [-0.25, -0.2) is 0 Å². The van der Waals surface area contributed by atoms with E-state index in [1.807, 2.05) is 0 Å². The average Bonchev–Trinajstić information content (AvgIpc) is 1.86. The van der Waals surface area contributed by atoms with Gasteiger partial charge in [0.15, 0.2) is 0 Å². The number of aromatic nitrogens is 1. The van der Waals surface area contributed by atoms with Crippen LogP contribution in [0.15, 0.2) is 18.5 Å². The summed E-state index contributed by atoms with van der Waals surface area (Å²) in [5.41, 5.74) is -0.465. The third-order valence-electron chi connectivity index (χ3n) is 1.34. The van der Waals surface area contributed by atoms with Gasteiger partial charge in [0, 0.05) is 12.4 Å². The molecule has 0 aliphatic rings. The first-order valence-electron chi connectivity index (χ1n) is 2.99. The molecule has 0 aliphatic heterocycles. The highest BCUT2D eigenvalue weighted by atomic mass is 19.4. The lowest BCUT2D eigenvalue weighted by Crippen LogP contribution is -2.07. The molecule has 1 aromatic rings.